The van der Waals surface area contributed by atoms with Gasteiger partial charge in [-0.05, 0) is 12.8 Å². The van der Waals surface area contributed by atoms with Crippen molar-refractivity contribution in [1.82, 2.24) is 0 Å². The summed E-state index contributed by atoms with van der Waals surface area (Å²) in [5.41, 5.74) is 0. The molecule has 3 nitrogen and oxygen atoms in total. The van der Waals surface area contributed by atoms with Crippen molar-refractivity contribution in [3.63, 3.8) is 0 Å². The van der Waals surface area contributed by atoms with E-state index in [1.165, 1.54) is 51.4 Å². The van der Waals surface area contributed by atoms with Crippen molar-refractivity contribution >= 4 is 0 Å². The van der Waals surface area contributed by atoms with E-state index in [1.54, 1.807) is 0 Å². The van der Waals surface area contributed by atoms with Gasteiger partial charge in [-0.3, -0.25) is 0 Å². The fourth-order valence-corrected chi connectivity index (χ4v) is 3.18. The Morgan fingerprint density at radius 1 is 0.762 bits per heavy atom. The van der Waals surface area contributed by atoms with Gasteiger partial charge in [0.1, 0.15) is 0 Å². The number of ether oxygens (including phenoxy) is 3. The second kappa shape index (κ2) is 9.81. The van der Waals surface area contributed by atoms with Crippen molar-refractivity contribution in [2.75, 3.05) is 26.4 Å². The van der Waals surface area contributed by atoms with Gasteiger partial charge in [0, 0.05) is 11.8 Å². The number of rotatable bonds is 12. The Kier molecular flexibility index (Phi) is 8.05. The lowest BCUT2D eigenvalue weighted by Gasteiger charge is -2.40. The molecule has 2 atom stereocenters. The standard InChI is InChI=1S/C18H34O3/c1-3-5-7-9-17(15-11-19-12-15)21-18(10-8-6-4-2)16-13-20-14-16/h15-18H,3-14H2,1-2H3. The van der Waals surface area contributed by atoms with Gasteiger partial charge in [0.15, 0.2) is 0 Å². The van der Waals surface area contributed by atoms with Gasteiger partial charge < -0.3 is 14.2 Å². The van der Waals surface area contributed by atoms with Crippen LogP contribution in [0, 0.1) is 11.8 Å². The average Bonchev–Trinajstić information content (AvgIpc) is 2.35. The molecule has 0 bridgehead atoms. The van der Waals surface area contributed by atoms with Crippen molar-refractivity contribution in [3.05, 3.63) is 0 Å². The summed E-state index contributed by atoms with van der Waals surface area (Å²) in [5.74, 6) is 1.27. The Morgan fingerprint density at radius 2 is 1.19 bits per heavy atom. The summed E-state index contributed by atoms with van der Waals surface area (Å²) in [7, 11) is 0. The number of hydrogen-bond acceptors (Lipinski definition) is 3. The van der Waals surface area contributed by atoms with Crippen LogP contribution in [0.2, 0.25) is 0 Å². The lowest BCUT2D eigenvalue weighted by molar-refractivity contribution is -0.179. The summed E-state index contributed by atoms with van der Waals surface area (Å²) in [4.78, 5) is 0. The Balaban J connectivity index is 1.80. The molecule has 0 amide bonds. The zero-order valence-corrected chi connectivity index (χ0v) is 14.0. The first-order valence-corrected chi connectivity index (χ1v) is 9.16. The molecule has 124 valence electrons. The summed E-state index contributed by atoms with van der Waals surface area (Å²) in [5, 5.41) is 0. The quantitative estimate of drug-likeness (QED) is 0.506. The van der Waals surface area contributed by atoms with Gasteiger partial charge in [0.05, 0.1) is 38.6 Å². The predicted octanol–water partition coefficient (Wildman–Crippen LogP) is 4.19. The molecule has 0 aromatic carbocycles. The maximum atomic E-state index is 6.59. The van der Waals surface area contributed by atoms with E-state index < -0.39 is 0 Å². The lowest BCUT2D eigenvalue weighted by atomic mass is 9.92. The summed E-state index contributed by atoms with van der Waals surface area (Å²) < 4.78 is 17.4. The van der Waals surface area contributed by atoms with Crippen LogP contribution in [0.5, 0.6) is 0 Å². The van der Waals surface area contributed by atoms with Gasteiger partial charge in [0.25, 0.3) is 0 Å². The van der Waals surface area contributed by atoms with Crippen LogP contribution in [0.3, 0.4) is 0 Å². The Hall–Kier alpha value is -0.120. The number of hydrogen-bond donors (Lipinski definition) is 0. The van der Waals surface area contributed by atoms with Crippen molar-refractivity contribution in [1.29, 1.82) is 0 Å². The Labute approximate surface area is 130 Å². The summed E-state index contributed by atoms with van der Waals surface area (Å²) in [6, 6.07) is 0. The minimum Gasteiger partial charge on any atom is -0.380 e. The van der Waals surface area contributed by atoms with Gasteiger partial charge in [-0.1, -0.05) is 52.4 Å². The van der Waals surface area contributed by atoms with Crippen LogP contribution in [-0.4, -0.2) is 38.6 Å². The van der Waals surface area contributed by atoms with Crippen LogP contribution in [0.15, 0.2) is 0 Å². The van der Waals surface area contributed by atoms with E-state index in [9.17, 15) is 0 Å². The molecule has 0 spiro atoms. The summed E-state index contributed by atoms with van der Waals surface area (Å²) in [6.07, 6.45) is 11.0. The third kappa shape index (κ3) is 5.54. The molecular formula is C18H34O3. The number of unbranched alkanes of at least 4 members (excludes halogenated alkanes) is 4. The molecule has 2 fully saturated rings. The second-order valence-electron chi connectivity index (χ2n) is 6.80. The second-order valence-corrected chi connectivity index (χ2v) is 6.80. The van der Waals surface area contributed by atoms with Crippen LogP contribution >= 0.6 is 0 Å². The average molecular weight is 298 g/mol. The third-order valence-electron chi connectivity index (χ3n) is 4.91. The smallest absolute Gasteiger partial charge is 0.0651 e. The summed E-state index contributed by atoms with van der Waals surface area (Å²) in [6.45, 7) is 8.14. The first-order valence-electron chi connectivity index (χ1n) is 9.16. The van der Waals surface area contributed by atoms with Gasteiger partial charge in [-0.15, -0.1) is 0 Å². The fourth-order valence-electron chi connectivity index (χ4n) is 3.18. The first-order chi connectivity index (χ1) is 10.3. The summed E-state index contributed by atoms with van der Waals surface area (Å²) >= 11 is 0. The predicted molar refractivity (Wildman–Crippen MR) is 85.6 cm³/mol. The van der Waals surface area contributed by atoms with Gasteiger partial charge >= 0.3 is 0 Å². The fraction of sp³-hybridized carbons (Fsp3) is 1.00. The van der Waals surface area contributed by atoms with E-state index in [2.05, 4.69) is 13.8 Å². The van der Waals surface area contributed by atoms with Crippen LogP contribution in [0.1, 0.15) is 65.2 Å². The normalized spacial score (nSPS) is 22.6. The van der Waals surface area contributed by atoms with Crippen molar-refractivity contribution < 1.29 is 14.2 Å². The molecule has 2 rings (SSSR count). The maximum absolute atomic E-state index is 6.59. The molecule has 0 saturated carbocycles. The van der Waals surface area contributed by atoms with E-state index in [4.69, 9.17) is 14.2 Å². The highest BCUT2D eigenvalue weighted by molar-refractivity contribution is 4.82. The Morgan fingerprint density at radius 3 is 1.48 bits per heavy atom. The molecule has 0 radical (unpaired) electrons. The maximum Gasteiger partial charge on any atom is 0.0651 e. The molecule has 2 aliphatic rings. The van der Waals surface area contributed by atoms with Crippen LogP contribution in [0.4, 0.5) is 0 Å². The molecule has 0 aromatic rings. The third-order valence-corrected chi connectivity index (χ3v) is 4.91. The van der Waals surface area contributed by atoms with E-state index in [1.807, 2.05) is 0 Å². The molecule has 0 aromatic heterocycles. The molecule has 0 N–H and O–H groups in total. The zero-order chi connectivity index (χ0) is 14.9. The molecule has 0 aliphatic carbocycles. The van der Waals surface area contributed by atoms with Gasteiger partial charge in [0.2, 0.25) is 0 Å². The molecule has 2 unspecified atom stereocenters. The van der Waals surface area contributed by atoms with Gasteiger partial charge in [-0.25, -0.2) is 0 Å². The SMILES string of the molecule is CCCCCC(OC(CCCCC)C1COC1)C1COC1. The molecule has 3 heteroatoms. The largest absolute Gasteiger partial charge is 0.380 e. The van der Waals surface area contributed by atoms with Crippen LogP contribution in [0.25, 0.3) is 0 Å². The highest BCUT2D eigenvalue weighted by atomic mass is 16.5. The lowest BCUT2D eigenvalue weighted by Crippen LogP contribution is -2.46. The van der Waals surface area contributed by atoms with E-state index in [0.29, 0.717) is 24.0 Å². The molecule has 2 heterocycles. The highest BCUT2D eigenvalue weighted by Crippen LogP contribution is 2.29. The van der Waals surface area contributed by atoms with E-state index in [0.717, 1.165) is 26.4 Å². The van der Waals surface area contributed by atoms with E-state index >= 15 is 0 Å². The van der Waals surface area contributed by atoms with Crippen molar-refractivity contribution in [2.45, 2.75) is 77.4 Å². The molecule has 2 saturated heterocycles. The van der Waals surface area contributed by atoms with Crippen LogP contribution < -0.4 is 0 Å². The van der Waals surface area contributed by atoms with E-state index in [-0.39, 0.29) is 0 Å². The topological polar surface area (TPSA) is 27.7 Å². The van der Waals surface area contributed by atoms with Crippen LogP contribution in [-0.2, 0) is 14.2 Å². The van der Waals surface area contributed by atoms with Crippen molar-refractivity contribution in [2.24, 2.45) is 11.8 Å². The molecule has 21 heavy (non-hydrogen) atoms. The first kappa shape index (κ1) is 17.2. The Bertz CT molecular complexity index is 235. The minimum absolute atomic E-state index is 0.414. The molecule has 2 aliphatic heterocycles. The minimum atomic E-state index is 0.414. The monoisotopic (exact) mass is 298 g/mol. The highest BCUT2D eigenvalue weighted by Gasteiger charge is 2.35. The zero-order valence-electron chi connectivity index (χ0n) is 14.0. The van der Waals surface area contributed by atoms with Crippen molar-refractivity contribution in [3.8, 4) is 0 Å². The van der Waals surface area contributed by atoms with Gasteiger partial charge in [-0.2, -0.15) is 0 Å². The molecular weight excluding hydrogens is 264 g/mol.